The summed E-state index contributed by atoms with van der Waals surface area (Å²) in [6.45, 7) is 1.39. The van der Waals surface area contributed by atoms with Crippen LogP contribution in [0.5, 0.6) is 0 Å². The van der Waals surface area contributed by atoms with Crippen LogP contribution in [0.15, 0.2) is 17.0 Å². The van der Waals surface area contributed by atoms with Gasteiger partial charge in [0.05, 0.1) is 0 Å². The van der Waals surface area contributed by atoms with E-state index in [1.54, 1.807) is 17.0 Å². The van der Waals surface area contributed by atoms with Gasteiger partial charge in [-0.1, -0.05) is 0 Å². The fraction of sp³-hybridized carbons (Fsp3) is 0.111. The molecule has 2 amide bonds. The average Bonchev–Trinajstić information content (AvgIpc) is 2.87. The van der Waals surface area contributed by atoms with Crippen LogP contribution in [0, 0.1) is 0 Å². The Morgan fingerprint density at radius 2 is 2.06 bits per heavy atom. The van der Waals surface area contributed by atoms with Crippen LogP contribution in [0.1, 0.15) is 17.4 Å². The molecule has 0 aromatic carbocycles. The lowest BCUT2D eigenvalue weighted by atomic mass is 10.5. The molecular formula is C9H8N4O2S2. The van der Waals surface area contributed by atoms with Gasteiger partial charge in [-0.05, 0) is 0 Å². The van der Waals surface area contributed by atoms with Gasteiger partial charge < -0.3 is 5.32 Å². The van der Waals surface area contributed by atoms with E-state index in [2.05, 4.69) is 20.6 Å². The molecule has 2 heterocycles. The Hall–Kier alpha value is -1.80. The van der Waals surface area contributed by atoms with Gasteiger partial charge in [-0.3, -0.25) is 14.9 Å². The van der Waals surface area contributed by atoms with E-state index in [0.29, 0.717) is 10.3 Å². The quantitative estimate of drug-likeness (QED) is 0.889. The van der Waals surface area contributed by atoms with Gasteiger partial charge in [0.1, 0.15) is 5.69 Å². The summed E-state index contributed by atoms with van der Waals surface area (Å²) in [4.78, 5) is 30.4. The molecule has 2 aromatic heterocycles. The molecule has 0 saturated carbocycles. The van der Waals surface area contributed by atoms with Crippen LogP contribution in [0.2, 0.25) is 0 Å². The largest absolute Gasteiger partial charge is 0.302 e. The van der Waals surface area contributed by atoms with Crippen molar-refractivity contribution >= 4 is 44.8 Å². The number of aromatic nitrogens is 2. The van der Waals surface area contributed by atoms with E-state index >= 15 is 0 Å². The molecule has 2 aromatic rings. The second kappa shape index (κ2) is 5.02. The van der Waals surface area contributed by atoms with E-state index < -0.39 is 0 Å². The fourth-order valence-electron chi connectivity index (χ4n) is 1.03. The van der Waals surface area contributed by atoms with Crippen LogP contribution in [0.25, 0.3) is 0 Å². The number of amides is 2. The number of carbonyl (C=O) groups is 2. The summed E-state index contributed by atoms with van der Waals surface area (Å²) in [6, 6.07) is 0. The lowest BCUT2D eigenvalue weighted by molar-refractivity contribution is -0.114. The van der Waals surface area contributed by atoms with Gasteiger partial charge in [0.2, 0.25) is 5.91 Å². The highest BCUT2D eigenvalue weighted by atomic mass is 32.1. The van der Waals surface area contributed by atoms with E-state index in [-0.39, 0.29) is 17.5 Å². The third kappa shape index (κ3) is 3.08. The summed E-state index contributed by atoms with van der Waals surface area (Å²) < 4.78 is 0. The van der Waals surface area contributed by atoms with Crippen molar-refractivity contribution in [1.82, 2.24) is 9.97 Å². The molecule has 0 aliphatic rings. The Bertz CT molecular complexity index is 535. The zero-order valence-corrected chi connectivity index (χ0v) is 10.4. The van der Waals surface area contributed by atoms with Gasteiger partial charge in [0.25, 0.3) is 5.91 Å². The normalized spacial score (nSPS) is 9.94. The second-order valence-corrected chi connectivity index (χ2v) is 4.76. The van der Waals surface area contributed by atoms with Crippen LogP contribution in [-0.4, -0.2) is 21.8 Å². The lowest BCUT2D eigenvalue weighted by Gasteiger charge is -1.97. The Morgan fingerprint density at radius 1 is 1.24 bits per heavy atom. The topological polar surface area (TPSA) is 84.0 Å². The summed E-state index contributed by atoms with van der Waals surface area (Å²) >= 11 is 2.52. The van der Waals surface area contributed by atoms with Crippen LogP contribution in [-0.2, 0) is 4.79 Å². The van der Waals surface area contributed by atoms with Gasteiger partial charge in [0.15, 0.2) is 10.3 Å². The SMILES string of the molecule is CC(=O)Nc1nc(C(=O)Nc2nccs2)cs1. The molecule has 6 nitrogen and oxygen atoms in total. The number of nitrogens with zero attached hydrogens (tertiary/aromatic N) is 2. The van der Waals surface area contributed by atoms with Crippen molar-refractivity contribution in [3.63, 3.8) is 0 Å². The molecule has 0 unspecified atom stereocenters. The van der Waals surface area contributed by atoms with Crippen LogP contribution >= 0.6 is 22.7 Å². The Balaban J connectivity index is 2.04. The lowest BCUT2D eigenvalue weighted by Crippen LogP contribution is -2.12. The molecule has 8 heteroatoms. The fourth-order valence-corrected chi connectivity index (χ4v) is 2.29. The van der Waals surface area contributed by atoms with Crippen molar-refractivity contribution in [3.05, 3.63) is 22.7 Å². The molecular weight excluding hydrogens is 260 g/mol. The highest BCUT2D eigenvalue weighted by molar-refractivity contribution is 7.14. The third-order valence-corrected chi connectivity index (χ3v) is 3.12. The van der Waals surface area contributed by atoms with Crippen molar-refractivity contribution in [2.75, 3.05) is 10.6 Å². The molecule has 2 N–H and O–H groups in total. The first-order valence-corrected chi connectivity index (χ1v) is 6.35. The van der Waals surface area contributed by atoms with E-state index in [9.17, 15) is 9.59 Å². The van der Waals surface area contributed by atoms with Crippen molar-refractivity contribution in [2.45, 2.75) is 6.92 Å². The van der Waals surface area contributed by atoms with Gasteiger partial charge in [-0.25, -0.2) is 9.97 Å². The van der Waals surface area contributed by atoms with Crippen LogP contribution in [0.4, 0.5) is 10.3 Å². The summed E-state index contributed by atoms with van der Waals surface area (Å²) in [6.07, 6.45) is 1.60. The predicted octanol–water partition coefficient (Wildman–Crippen LogP) is 1.81. The molecule has 0 aliphatic carbocycles. The van der Waals surface area contributed by atoms with Crippen molar-refractivity contribution in [3.8, 4) is 0 Å². The Morgan fingerprint density at radius 3 is 2.71 bits per heavy atom. The Kier molecular flexibility index (Phi) is 3.45. The summed E-state index contributed by atoms with van der Waals surface area (Å²) in [5.74, 6) is -0.556. The van der Waals surface area contributed by atoms with E-state index in [1.165, 1.54) is 29.6 Å². The molecule has 0 radical (unpaired) electrons. The minimum Gasteiger partial charge on any atom is -0.302 e. The van der Waals surface area contributed by atoms with Gasteiger partial charge >= 0.3 is 0 Å². The molecule has 17 heavy (non-hydrogen) atoms. The van der Waals surface area contributed by atoms with Gasteiger partial charge in [-0.2, -0.15) is 0 Å². The van der Waals surface area contributed by atoms with E-state index in [4.69, 9.17) is 0 Å². The first kappa shape index (κ1) is 11.7. The van der Waals surface area contributed by atoms with E-state index in [1.807, 2.05) is 0 Å². The summed E-state index contributed by atoms with van der Waals surface area (Å²) in [5.41, 5.74) is 0.258. The van der Waals surface area contributed by atoms with Gasteiger partial charge in [-0.15, -0.1) is 22.7 Å². The molecule has 88 valence electrons. The van der Waals surface area contributed by atoms with Crippen molar-refractivity contribution < 1.29 is 9.59 Å². The van der Waals surface area contributed by atoms with Crippen molar-refractivity contribution in [1.29, 1.82) is 0 Å². The molecule has 0 bridgehead atoms. The highest BCUT2D eigenvalue weighted by Crippen LogP contribution is 2.17. The standard InChI is InChI=1S/C9H8N4O2S2/c1-5(14)11-9-12-6(4-17-9)7(15)13-8-10-2-3-16-8/h2-4H,1H3,(H,10,13,15)(H,11,12,14). The van der Waals surface area contributed by atoms with Crippen molar-refractivity contribution in [2.24, 2.45) is 0 Å². The first-order chi connectivity index (χ1) is 8.15. The maximum atomic E-state index is 11.7. The number of hydrogen-bond acceptors (Lipinski definition) is 6. The number of thiazole rings is 2. The zero-order valence-electron chi connectivity index (χ0n) is 8.76. The number of rotatable bonds is 3. The molecule has 0 fully saturated rings. The predicted molar refractivity (Wildman–Crippen MR) is 66.5 cm³/mol. The number of nitrogens with one attached hydrogen (secondary N) is 2. The highest BCUT2D eigenvalue weighted by Gasteiger charge is 2.12. The number of carbonyl (C=O) groups excluding carboxylic acids is 2. The molecule has 0 spiro atoms. The minimum atomic E-state index is -0.340. The number of hydrogen-bond donors (Lipinski definition) is 2. The molecule has 0 aliphatic heterocycles. The molecule has 0 saturated heterocycles. The van der Waals surface area contributed by atoms with Crippen LogP contribution < -0.4 is 10.6 Å². The monoisotopic (exact) mass is 268 g/mol. The molecule has 0 atom stereocenters. The smallest absolute Gasteiger partial charge is 0.276 e. The average molecular weight is 268 g/mol. The number of anilines is 2. The summed E-state index contributed by atoms with van der Waals surface area (Å²) in [7, 11) is 0. The first-order valence-electron chi connectivity index (χ1n) is 4.59. The maximum absolute atomic E-state index is 11.7. The minimum absolute atomic E-state index is 0.216. The third-order valence-electron chi connectivity index (χ3n) is 1.67. The second-order valence-electron chi connectivity index (χ2n) is 3.01. The van der Waals surface area contributed by atoms with E-state index in [0.717, 1.165) is 0 Å². The van der Waals surface area contributed by atoms with Crippen LogP contribution in [0.3, 0.4) is 0 Å². The summed E-state index contributed by atoms with van der Waals surface area (Å²) in [5, 5.41) is 9.38. The Labute approximate surface area is 105 Å². The van der Waals surface area contributed by atoms with Gasteiger partial charge in [0, 0.05) is 23.9 Å². The molecule has 2 rings (SSSR count). The maximum Gasteiger partial charge on any atom is 0.276 e. The zero-order chi connectivity index (χ0) is 12.3.